The van der Waals surface area contributed by atoms with Crippen molar-refractivity contribution in [3.63, 3.8) is 0 Å². The van der Waals surface area contributed by atoms with Gasteiger partial charge in [0.1, 0.15) is 0 Å². The van der Waals surface area contributed by atoms with Crippen molar-refractivity contribution in [1.29, 1.82) is 0 Å². The van der Waals surface area contributed by atoms with E-state index >= 15 is 0 Å². The third-order valence-electron chi connectivity index (χ3n) is 1.55. The lowest BCUT2D eigenvalue weighted by molar-refractivity contribution is 0.775. The second-order valence-electron chi connectivity index (χ2n) is 2.79. The van der Waals surface area contributed by atoms with Gasteiger partial charge < -0.3 is 16.5 Å². The highest BCUT2D eigenvalue weighted by Gasteiger charge is 1.90. The number of aromatic amines is 1. The Morgan fingerprint density at radius 2 is 2.50 bits per heavy atom. The molecule has 5 N–H and O–H groups in total. The highest BCUT2D eigenvalue weighted by molar-refractivity contribution is 5.23. The SMILES string of the molecule is CC(N)C/C=c1/nc[nH]/c1=C/N. The molecule has 0 bridgehead atoms. The number of nitrogens with zero attached hydrogens (tertiary/aromatic N) is 1. The first-order chi connectivity index (χ1) is 5.74. The van der Waals surface area contributed by atoms with E-state index in [1.165, 1.54) is 6.20 Å². The van der Waals surface area contributed by atoms with Gasteiger partial charge in [0, 0.05) is 12.2 Å². The molecular formula is C8H14N4. The van der Waals surface area contributed by atoms with Gasteiger partial charge in [-0.3, -0.25) is 0 Å². The van der Waals surface area contributed by atoms with Crippen LogP contribution in [0.1, 0.15) is 13.3 Å². The molecule has 4 heteroatoms. The van der Waals surface area contributed by atoms with Gasteiger partial charge in [-0.1, -0.05) is 6.08 Å². The Labute approximate surface area is 71.0 Å². The average molecular weight is 166 g/mol. The molecule has 12 heavy (non-hydrogen) atoms. The Morgan fingerprint density at radius 3 is 3.08 bits per heavy atom. The Kier molecular flexibility index (Phi) is 2.88. The van der Waals surface area contributed by atoms with Crippen LogP contribution in [-0.4, -0.2) is 16.0 Å². The second-order valence-corrected chi connectivity index (χ2v) is 2.79. The summed E-state index contributed by atoms with van der Waals surface area (Å²) >= 11 is 0. The van der Waals surface area contributed by atoms with Gasteiger partial charge in [0.25, 0.3) is 0 Å². The maximum Gasteiger partial charge on any atom is 0.0932 e. The standard InChI is InChI=1S/C8H14N4/c1-6(10)2-3-7-8(4-9)12-5-11-7/h3-6H,2,9-10H2,1H3,(H,11,12)/b7-3+,8-4+. The summed E-state index contributed by atoms with van der Waals surface area (Å²) in [6.07, 6.45) is 5.90. The summed E-state index contributed by atoms with van der Waals surface area (Å²) in [6.45, 7) is 1.95. The zero-order valence-corrected chi connectivity index (χ0v) is 7.12. The van der Waals surface area contributed by atoms with Crippen LogP contribution >= 0.6 is 0 Å². The zero-order valence-electron chi connectivity index (χ0n) is 7.12. The first kappa shape index (κ1) is 8.80. The van der Waals surface area contributed by atoms with Crippen LogP contribution in [-0.2, 0) is 0 Å². The molecule has 0 radical (unpaired) electrons. The minimum atomic E-state index is 0.160. The number of hydrogen-bond donors (Lipinski definition) is 3. The minimum absolute atomic E-state index is 0.160. The van der Waals surface area contributed by atoms with E-state index in [4.69, 9.17) is 11.5 Å². The van der Waals surface area contributed by atoms with Crippen molar-refractivity contribution in [3.8, 4) is 0 Å². The molecule has 1 heterocycles. The Hall–Kier alpha value is -1.29. The highest BCUT2D eigenvalue weighted by Crippen LogP contribution is 1.84. The monoisotopic (exact) mass is 166 g/mol. The smallest absolute Gasteiger partial charge is 0.0932 e. The van der Waals surface area contributed by atoms with E-state index in [9.17, 15) is 0 Å². The van der Waals surface area contributed by atoms with Crippen LogP contribution in [0.15, 0.2) is 6.33 Å². The Morgan fingerprint density at radius 1 is 1.75 bits per heavy atom. The molecule has 0 aromatic carbocycles. The maximum absolute atomic E-state index is 5.59. The van der Waals surface area contributed by atoms with Crippen molar-refractivity contribution >= 4 is 12.3 Å². The predicted octanol–water partition coefficient (Wildman–Crippen LogP) is -1.38. The lowest BCUT2D eigenvalue weighted by atomic mass is 10.2. The van der Waals surface area contributed by atoms with Gasteiger partial charge in [0.2, 0.25) is 0 Å². The summed E-state index contributed by atoms with van der Waals surface area (Å²) in [4.78, 5) is 7.00. The summed E-state index contributed by atoms with van der Waals surface area (Å²) < 4.78 is 0. The molecule has 0 saturated heterocycles. The zero-order chi connectivity index (χ0) is 8.97. The molecule has 0 fully saturated rings. The van der Waals surface area contributed by atoms with Gasteiger partial charge in [-0.15, -0.1) is 0 Å². The number of rotatable bonds is 2. The summed E-state index contributed by atoms with van der Waals surface area (Å²) in [6, 6.07) is 0.160. The third-order valence-corrected chi connectivity index (χ3v) is 1.55. The van der Waals surface area contributed by atoms with Gasteiger partial charge in [0.05, 0.1) is 17.0 Å². The molecule has 0 aliphatic heterocycles. The fourth-order valence-electron chi connectivity index (χ4n) is 0.909. The van der Waals surface area contributed by atoms with Crippen molar-refractivity contribution in [2.45, 2.75) is 19.4 Å². The fourth-order valence-corrected chi connectivity index (χ4v) is 0.909. The number of nitrogens with one attached hydrogen (secondary N) is 1. The number of imidazole rings is 1. The van der Waals surface area contributed by atoms with Gasteiger partial charge in [0.15, 0.2) is 0 Å². The minimum Gasteiger partial charge on any atom is -0.403 e. The van der Waals surface area contributed by atoms with E-state index in [-0.39, 0.29) is 6.04 Å². The van der Waals surface area contributed by atoms with Crippen LogP contribution in [0.25, 0.3) is 12.3 Å². The lowest BCUT2D eigenvalue weighted by Crippen LogP contribution is -2.27. The largest absolute Gasteiger partial charge is 0.403 e. The second kappa shape index (κ2) is 3.92. The molecule has 0 aliphatic rings. The molecule has 0 aliphatic carbocycles. The number of nitrogens with two attached hydrogens (primary N) is 2. The molecule has 1 aromatic heterocycles. The normalized spacial score (nSPS) is 16.8. The highest BCUT2D eigenvalue weighted by atomic mass is 14.9. The molecular weight excluding hydrogens is 152 g/mol. The van der Waals surface area contributed by atoms with Gasteiger partial charge in [-0.25, -0.2) is 4.98 Å². The van der Waals surface area contributed by atoms with E-state index in [0.717, 1.165) is 17.1 Å². The topological polar surface area (TPSA) is 80.7 Å². The van der Waals surface area contributed by atoms with Crippen molar-refractivity contribution in [2.75, 3.05) is 0 Å². The summed E-state index contributed by atoms with van der Waals surface area (Å²) in [5.41, 5.74) is 10.9. The fraction of sp³-hybridized carbons (Fsp3) is 0.375. The molecule has 0 amide bonds. The first-order valence-corrected chi connectivity index (χ1v) is 3.91. The lowest BCUT2D eigenvalue weighted by Gasteiger charge is -1.95. The Balaban J connectivity index is 2.94. The van der Waals surface area contributed by atoms with Gasteiger partial charge in [-0.05, 0) is 13.3 Å². The molecule has 1 atom stereocenters. The van der Waals surface area contributed by atoms with E-state index in [1.807, 2.05) is 13.0 Å². The van der Waals surface area contributed by atoms with Crippen molar-refractivity contribution in [1.82, 2.24) is 9.97 Å². The first-order valence-electron chi connectivity index (χ1n) is 3.91. The number of H-pyrrole nitrogens is 1. The van der Waals surface area contributed by atoms with Crippen LogP contribution in [0, 0.1) is 0 Å². The predicted molar refractivity (Wildman–Crippen MR) is 49.2 cm³/mol. The van der Waals surface area contributed by atoms with E-state index in [2.05, 4.69) is 9.97 Å². The van der Waals surface area contributed by atoms with Crippen LogP contribution in [0.3, 0.4) is 0 Å². The molecule has 4 nitrogen and oxygen atoms in total. The van der Waals surface area contributed by atoms with Gasteiger partial charge >= 0.3 is 0 Å². The molecule has 1 unspecified atom stereocenters. The summed E-state index contributed by atoms with van der Waals surface area (Å²) in [5.74, 6) is 0. The van der Waals surface area contributed by atoms with E-state index in [0.29, 0.717) is 0 Å². The molecule has 0 spiro atoms. The van der Waals surface area contributed by atoms with Crippen molar-refractivity contribution in [2.24, 2.45) is 11.5 Å². The quantitative estimate of drug-likeness (QED) is 0.507. The van der Waals surface area contributed by atoms with Crippen LogP contribution in [0.2, 0.25) is 0 Å². The number of aromatic nitrogens is 2. The molecule has 0 saturated carbocycles. The Bertz CT molecular complexity index is 336. The van der Waals surface area contributed by atoms with E-state index < -0.39 is 0 Å². The van der Waals surface area contributed by atoms with Crippen LogP contribution < -0.4 is 22.2 Å². The maximum atomic E-state index is 5.59. The van der Waals surface area contributed by atoms with Crippen LogP contribution in [0.4, 0.5) is 0 Å². The van der Waals surface area contributed by atoms with Crippen molar-refractivity contribution in [3.05, 3.63) is 17.0 Å². The van der Waals surface area contributed by atoms with Gasteiger partial charge in [-0.2, -0.15) is 0 Å². The average Bonchev–Trinajstić information content (AvgIpc) is 2.47. The summed E-state index contributed by atoms with van der Waals surface area (Å²) in [5, 5.41) is 1.71. The van der Waals surface area contributed by atoms with E-state index in [1.54, 1.807) is 6.33 Å². The van der Waals surface area contributed by atoms with Crippen molar-refractivity contribution < 1.29 is 0 Å². The summed E-state index contributed by atoms with van der Waals surface area (Å²) in [7, 11) is 0. The number of hydrogen-bond acceptors (Lipinski definition) is 3. The molecule has 66 valence electrons. The third kappa shape index (κ3) is 2.10. The molecule has 1 aromatic rings. The van der Waals surface area contributed by atoms with Crippen LogP contribution in [0.5, 0.6) is 0 Å². The molecule has 1 rings (SSSR count).